The number of fused-ring (bicyclic) bond motifs is 1. The fourth-order valence-corrected chi connectivity index (χ4v) is 2.34. The van der Waals surface area contributed by atoms with Crippen LogP contribution in [0, 0.1) is 0 Å². The first-order valence-electron chi connectivity index (χ1n) is 6.51. The van der Waals surface area contributed by atoms with Crippen molar-refractivity contribution in [2.45, 2.75) is 45.7 Å². The molecule has 0 atom stereocenters. The highest BCUT2D eigenvalue weighted by Crippen LogP contribution is 2.22. The van der Waals surface area contributed by atoms with Crippen molar-refractivity contribution in [1.29, 1.82) is 0 Å². The minimum atomic E-state index is -0.721. The highest BCUT2D eigenvalue weighted by Gasteiger charge is 2.19. The topological polar surface area (TPSA) is 39.2 Å². The number of halogens is 1. The zero-order chi connectivity index (χ0) is 13.0. The number of carbonyl (C=O) groups excluding carboxylic acids is 1. The number of carbonyl (C=O) groups is 1. The van der Waals surface area contributed by atoms with Gasteiger partial charge in [-0.2, -0.15) is 0 Å². The highest BCUT2D eigenvalue weighted by molar-refractivity contribution is 5.90. The van der Waals surface area contributed by atoms with E-state index in [4.69, 9.17) is 4.74 Å². The second-order valence-corrected chi connectivity index (χ2v) is 4.50. The molecule has 1 aromatic heterocycles. The van der Waals surface area contributed by atoms with E-state index in [1.165, 1.54) is 0 Å². The van der Waals surface area contributed by atoms with E-state index in [9.17, 15) is 9.18 Å². The molecule has 1 aromatic rings. The molecule has 0 radical (unpaired) electrons. The van der Waals surface area contributed by atoms with Gasteiger partial charge in [-0.05, 0) is 44.2 Å². The van der Waals surface area contributed by atoms with Gasteiger partial charge in [0.15, 0.2) is 0 Å². The van der Waals surface area contributed by atoms with Crippen LogP contribution in [-0.2, 0) is 24.3 Å². The van der Waals surface area contributed by atoms with Crippen molar-refractivity contribution in [2.24, 2.45) is 0 Å². The summed E-state index contributed by atoms with van der Waals surface area (Å²) in [6, 6.07) is 1.78. The molecule has 0 spiro atoms. The summed E-state index contributed by atoms with van der Waals surface area (Å²) in [6.45, 7) is 1.31. The van der Waals surface area contributed by atoms with Gasteiger partial charge >= 0.3 is 5.97 Å². The Hall–Kier alpha value is -1.45. The summed E-state index contributed by atoms with van der Waals surface area (Å²) < 4.78 is 17.9. The quantitative estimate of drug-likeness (QED) is 0.612. The molecule has 1 aliphatic rings. The van der Waals surface area contributed by atoms with Crippen molar-refractivity contribution >= 4 is 5.97 Å². The SMILES string of the molecule is CCOC(=O)c1cc2c(nc1CF)CCCCC2. The maximum absolute atomic E-state index is 13.0. The average molecular weight is 251 g/mol. The molecule has 0 bridgehead atoms. The number of ether oxygens (including phenoxy) is 1. The lowest BCUT2D eigenvalue weighted by Gasteiger charge is -2.11. The third-order valence-corrected chi connectivity index (χ3v) is 3.25. The van der Waals surface area contributed by atoms with E-state index in [1.54, 1.807) is 13.0 Å². The summed E-state index contributed by atoms with van der Waals surface area (Å²) in [5, 5.41) is 0. The van der Waals surface area contributed by atoms with Gasteiger partial charge < -0.3 is 4.74 Å². The van der Waals surface area contributed by atoms with Gasteiger partial charge in [0.1, 0.15) is 6.67 Å². The summed E-state index contributed by atoms with van der Waals surface area (Å²) in [6.07, 6.45) is 5.15. The fraction of sp³-hybridized carbons (Fsp3) is 0.571. The van der Waals surface area contributed by atoms with E-state index < -0.39 is 12.6 Å². The molecule has 0 saturated heterocycles. The first kappa shape index (κ1) is 13.0. The molecule has 18 heavy (non-hydrogen) atoms. The Labute approximate surface area is 106 Å². The Kier molecular flexibility index (Phi) is 4.28. The first-order valence-corrected chi connectivity index (χ1v) is 6.51. The van der Waals surface area contributed by atoms with Crippen LogP contribution in [0.15, 0.2) is 6.07 Å². The lowest BCUT2D eigenvalue weighted by molar-refractivity contribution is 0.0523. The van der Waals surface area contributed by atoms with Gasteiger partial charge in [-0.25, -0.2) is 9.18 Å². The smallest absolute Gasteiger partial charge is 0.340 e. The molecule has 3 nitrogen and oxygen atoms in total. The van der Waals surface area contributed by atoms with Crippen molar-refractivity contribution in [2.75, 3.05) is 6.61 Å². The van der Waals surface area contributed by atoms with Crippen molar-refractivity contribution in [1.82, 2.24) is 4.98 Å². The molecule has 0 N–H and O–H groups in total. The van der Waals surface area contributed by atoms with Crippen LogP contribution in [0.5, 0.6) is 0 Å². The Bertz CT molecular complexity index is 446. The number of hydrogen-bond donors (Lipinski definition) is 0. The number of aromatic nitrogens is 1. The molecule has 2 rings (SSSR count). The fourth-order valence-electron chi connectivity index (χ4n) is 2.34. The van der Waals surface area contributed by atoms with Crippen molar-refractivity contribution in [3.63, 3.8) is 0 Å². The first-order chi connectivity index (χ1) is 8.76. The third-order valence-electron chi connectivity index (χ3n) is 3.25. The number of alkyl halides is 1. The van der Waals surface area contributed by atoms with Gasteiger partial charge in [0.25, 0.3) is 0 Å². The van der Waals surface area contributed by atoms with Gasteiger partial charge in [0, 0.05) is 5.69 Å². The Morgan fingerprint density at radius 2 is 2.17 bits per heavy atom. The molecular formula is C14H18FNO2. The van der Waals surface area contributed by atoms with E-state index in [-0.39, 0.29) is 5.69 Å². The van der Waals surface area contributed by atoms with E-state index >= 15 is 0 Å². The number of hydrogen-bond acceptors (Lipinski definition) is 3. The van der Waals surface area contributed by atoms with Gasteiger partial charge in [-0.15, -0.1) is 0 Å². The summed E-state index contributed by atoms with van der Waals surface area (Å²) in [7, 11) is 0. The molecule has 0 saturated carbocycles. The predicted octanol–water partition coefficient (Wildman–Crippen LogP) is 3.00. The van der Waals surface area contributed by atoms with Crippen LogP contribution in [0.1, 0.15) is 53.5 Å². The summed E-state index contributed by atoms with van der Waals surface area (Å²) in [4.78, 5) is 16.1. The van der Waals surface area contributed by atoms with Crippen LogP contribution in [0.2, 0.25) is 0 Å². The largest absolute Gasteiger partial charge is 0.462 e. The molecule has 0 aromatic carbocycles. The third kappa shape index (κ3) is 2.68. The van der Waals surface area contributed by atoms with Crippen LogP contribution in [-0.4, -0.2) is 17.6 Å². The van der Waals surface area contributed by atoms with E-state index in [1.807, 2.05) is 0 Å². The average Bonchev–Trinajstić information content (AvgIpc) is 2.61. The minimum absolute atomic E-state index is 0.217. The molecule has 1 aliphatic carbocycles. The molecule has 0 fully saturated rings. The van der Waals surface area contributed by atoms with Crippen LogP contribution in [0.25, 0.3) is 0 Å². The predicted molar refractivity (Wildman–Crippen MR) is 66.3 cm³/mol. The van der Waals surface area contributed by atoms with E-state index in [0.717, 1.165) is 43.4 Å². The van der Waals surface area contributed by atoms with E-state index in [0.29, 0.717) is 12.2 Å². The highest BCUT2D eigenvalue weighted by atomic mass is 19.1. The number of pyridine rings is 1. The lowest BCUT2D eigenvalue weighted by atomic mass is 10.0. The van der Waals surface area contributed by atoms with Crippen LogP contribution in [0.4, 0.5) is 4.39 Å². The standard InChI is InChI=1S/C14H18FNO2/c1-2-18-14(17)11-8-10-6-4-3-5-7-12(10)16-13(11)9-15/h8H,2-7,9H2,1H3. The molecule has 0 aliphatic heterocycles. The molecule has 98 valence electrons. The minimum Gasteiger partial charge on any atom is -0.462 e. The van der Waals surface area contributed by atoms with Crippen molar-refractivity contribution in [3.8, 4) is 0 Å². The lowest BCUT2D eigenvalue weighted by Crippen LogP contribution is -2.12. The second kappa shape index (κ2) is 5.94. The van der Waals surface area contributed by atoms with Crippen molar-refractivity contribution < 1.29 is 13.9 Å². The monoisotopic (exact) mass is 251 g/mol. The van der Waals surface area contributed by atoms with Crippen LogP contribution >= 0.6 is 0 Å². The zero-order valence-electron chi connectivity index (χ0n) is 10.7. The second-order valence-electron chi connectivity index (χ2n) is 4.50. The van der Waals surface area contributed by atoms with Gasteiger partial charge in [-0.3, -0.25) is 4.98 Å². The maximum Gasteiger partial charge on any atom is 0.340 e. The van der Waals surface area contributed by atoms with Gasteiger partial charge in [0.05, 0.1) is 17.9 Å². The van der Waals surface area contributed by atoms with E-state index in [2.05, 4.69) is 4.98 Å². The van der Waals surface area contributed by atoms with Crippen LogP contribution in [0.3, 0.4) is 0 Å². The Balaban J connectivity index is 2.39. The molecule has 0 unspecified atom stereocenters. The number of esters is 1. The van der Waals surface area contributed by atoms with Crippen molar-refractivity contribution in [3.05, 3.63) is 28.6 Å². The number of nitrogens with zero attached hydrogens (tertiary/aromatic N) is 1. The normalized spacial score (nSPS) is 14.8. The number of aryl methyl sites for hydroxylation is 2. The molecule has 4 heteroatoms. The summed E-state index contributed by atoms with van der Waals surface area (Å²) in [5.41, 5.74) is 2.54. The Morgan fingerprint density at radius 1 is 1.39 bits per heavy atom. The zero-order valence-corrected chi connectivity index (χ0v) is 10.7. The maximum atomic E-state index is 13.0. The van der Waals surface area contributed by atoms with Gasteiger partial charge in [-0.1, -0.05) is 6.42 Å². The number of rotatable bonds is 3. The molecule has 0 amide bonds. The van der Waals surface area contributed by atoms with Crippen LogP contribution < -0.4 is 0 Å². The Morgan fingerprint density at radius 3 is 2.89 bits per heavy atom. The summed E-state index contributed by atoms with van der Waals surface area (Å²) >= 11 is 0. The summed E-state index contributed by atoms with van der Waals surface area (Å²) in [5.74, 6) is -0.468. The molecular weight excluding hydrogens is 233 g/mol. The van der Waals surface area contributed by atoms with Gasteiger partial charge in [0.2, 0.25) is 0 Å². The molecule has 1 heterocycles.